The molecule has 0 amide bonds. The van der Waals surface area contributed by atoms with E-state index < -0.39 is 10.2 Å². The number of nitrogens with zero attached hydrogens (tertiary/aromatic N) is 1. The highest BCUT2D eigenvalue weighted by molar-refractivity contribution is 7.87. The Morgan fingerprint density at radius 2 is 2.00 bits per heavy atom. The fourth-order valence-electron chi connectivity index (χ4n) is 2.01. The second-order valence-corrected chi connectivity index (χ2v) is 6.96. The first-order valence-corrected chi connectivity index (χ1v) is 7.88. The molecule has 2 N–H and O–H groups in total. The molecular formula is C13H21N3O2S. The summed E-state index contributed by atoms with van der Waals surface area (Å²) in [4.78, 5) is 0. The molecule has 0 bridgehead atoms. The van der Waals surface area contributed by atoms with Gasteiger partial charge in [0.15, 0.2) is 0 Å². The Balaban J connectivity index is 2.03. The van der Waals surface area contributed by atoms with Crippen molar-refractivity contribution in [3.63, 3.8) is 0 Å². The highest BCUT2D eigenvalue weighted by Gasteiger charge is 2.20. The van der Waals surface area contributed by atoms with Gasteiger partial charge in [-0.1, -0.05) is 18.2 Å². The van der Waals surface area contributed by atoms with Crippen LogP contribution in [-0.4, -0.2) is 25.8 Å². The zero-order valence-corrected chi connectivity index (χ0v) is 12.4. The SMILES string of the molecule is CC(C)N(C)S(=O)(=O)NCc1ccc2c(c1)CNC2. The van der Waals surface area contributed by atoms with Crippen LogP contribution in [0.15, 0.2) is 18.2 Å². The molecule has 1 heterocycles. The van der Waals surface area contributed by atoms with Crippen LogP contribution in [0.4, 0.5) is 0 Å². The van der Waals surface area contributed by atoms with Crippen LogP contribution < -0.4 is 10.0 Å². The quantitative estimate of drug-likeness (QED) is 0.846. The van der Waals surface area contributed by atoms with Gasteiger partial charge in [0, 0.05) is 32.7 Å². The summed E-state index contributed by atoms with van der Waals surface area (Å²) in [5.74, 6) is 0. The lowest BCUT2D eigenvalue weighted by Crippen LogP contribution is -2.41. The van der Waals surface area contributed by atoms with E-state index in [-0.39, 0.29) is 6.04 Å². The maximum atomic E-state index is 12.0. The molecule has 1 aliphatic rings. The highest BCUT2D eigenvalue weighted by atomic mass is 32.2. The molecule has 0 fully saturated rings. The van der Waals surface area contributed by atoms with Gasteiger partial charge in [-0.2, -0.15) is 17.4 Å². The molecule has 2 rings (SSSR count). The summed E-state index contributed by atoms with van der Waals surface area (Å²) >= 11 is 0. The van der Waals surface area contributed by atoms with Crippen LogP contribution in [0.2, 0.25) is 0 Å². The molecule has 0 aliphatic carbocycles. The molecule has 19 heavy (non-hydrogen) atoms. The third-order valence-corrected chi connectivity index (χ3v) is 5.16. The molecule has 106 valence electrons. The monoisotopic (exact) mass is 283 g/mol. The third-order valence-electron chi connectivity index (χ3n) is 3.47. The molecule has 1 aromatic rings. The lowest BCUT2D eigenvalue weighted by atomic mass is 10.1. The summed E-state index contributed by atoms with van der Waals surface area (Å²) in [7, 11) is -1.82. The number of benzene rings is 1. The summed E-state index contributed by atoms with van der Waals surface area (Å²) in [6.45, 7) is 5.78. The Hall–Kier alpha value is -0.950. The fraction of sp³-hybridized carbons (Fsp3) is 0.538. The Morgan fingerprint density at radius 3 is 2.68 bits per heavy atom. The number of fused-ring (bicyclic) bond motifs is 1. The molecule has 0 aromatic heterocycles. The number of nitrogens with one attached hydrogen (secondary N) is 2. The van der Waals surface area contributed by atoms with E-state index in [1.807, 2.05) is 19.9 Å². The van der Waals surface area contributed by atoms with E-state index in [2.05, 4.69) is 22.2 Å². The van der Waals surface area contributed by atoms with Gasteiger partial charge in [0.05, 0.1) is 0 Å². The fourth-order valence-corrected chi connectivity index (χ4v) is 3.12. The van der Waals surface area contributed by atoms with E-state index in [0.29, 0.717) is 6.54 Å². The van der Waals surface area contributed by atoms with Crippen LogP contribution in [-0.2, 0) is 29.8 Å². The Bertz CT molecular complexity index is 555. The van der Waals surface area contributed by atoms with Gasteiger partial charge in [-0.15, -0.1) is 0 Å². The first-order valence-electron chi connectivity index (χ1n) is 6.44. The zero-order valence-electron chi connectivity index (χ0n) is 11.6. The van der Waals surface area contributed by atoms with Gasteiger partial charge in [-0.05, 0) is 30.5 Å². The minimum Gasteiger partial charge on any atom is -0.309 e. The molecular weight excluding hydrogens is 262 g/mol. The third kappa shape index (κ3) is 3.33. The largest absolute Gasteiger partial charge is 0.309 e. The Labute approximate surface area is 115 Å². The summed E-state index contributed by atoms with van der Waals surface area (Å²) in [5.41, 5.74) is 3.54. The minimum absolute atomic E-state index is 0.0540. The lowest BCUT2D eigenvalue weighted by molar-refractivity contribution is 0.402. The van der Waals surface area contributed by atoms with Crippen LogP contribution in [0.25, 0.3) is 0 Å². The van der Waals surface area contributed by atoms with Crippen molar-refractivity contribution in [1.82, 2.24) is 14.3 Å². The van der Waals surface area contributed by atoms with Gasteiger partial charge in [-0.3, -0.25) is 0 Å². The highest BCUT2D eigenvalue weighted by Crippen LogP contribution is 2.17. The second kappa shape index (κ2) is 5.58. The van der Waals surface area contributed by atoms with Crippen LogP contribution in [0.5, 0.6) is 0 Å². The Morgan fingerprint density at radius 1 is 1.32 bits per heavy atom. The van der Waals surface area contributed by atoms with Gasteiger partial charge in [-0.25, -0.2) is 0 Å². The molecule has 0 atom stereocenters. The van der Waals surface area contributed by atoms with E-state index in [1.165, 1.54) is 15.4 Å². The smallest absolute Gasteiger partial charge is 0.279 e. The topological polar surface area (TPSA) is 61.4 Å². The van der Waals surface area contributed by atoms with E-state index in [9.17, 15) is 8.42 Å². The van der Waals surface area contributed by atoms with Crippen molar-refractivity contribution in [1.29, 1.82) is 0 Å². The molecule has 0 radical (unpaired) electrons. The van der Waals surface area contributed by atoms with Gasteiger partial charge in [0.1, 0.15) is 0 Å². The van der Waals surface area contributed by atoms with Crippen LogP contribution in [0.1, 0.15) is 30.5 Å². The molecule has 6 heteroatoms. The van der Waals surface area contributed by atoms with Crippen molar-refractivity contribution in [3.05, 3.63) is 34.9 Å². The molecule has 1 aliphatic heterocycles. The van der Waals surface area contributed by atoms with Gasteiger partial charge in [0.2, 0.25) is 0 Å². The molecule has 0 unspecified atom stereocenters. The summed E-state index contributed by atoms with van der Waals surface area (Å²) in [6.07, 6.45) is 0. The summed E-state index contributed by atoms with van der Waals surface area (Å²) in [5, 5.41) is 3.27. The maximum absolute atomic E-state index is 12.0. The Kier molecular flexibility index (Phi) is 4.25. The van der Waals surface area contributed by atoms with Gasteiger partial charge in [0.25, 0.3) is 10.2 Å². The van der Waals surface area contributed by atoms with Crippen LogP contribution in [0, 0.1) is 0 Å². The average molecular weight is 283 g/mol. The van der Waals surface area contributed by atoms with Crippen molar-refractivity contribution in [2.75, 3.05) is 7.05 Å². The van der Waals surface area contributed by atoms with Crippen molar-refractivity contribution in [3.8, 4) is 0 Å². The van der Waals surface area contributed by atoms with Crippen molar-refractivity contribution in [2.24, 2.45) is 0 Å². The second-order valence-electron chi connectivity index (χ2n) is 5.14. The average Bonchev–Trinajstić information content (AvgIpc) is 2.82. The van der Waals surface area contributed by atoms with Crippen molar-refractivity contribution >= 4 is 10.2 Å². The molecule has 0 spiro atoms. The minimum atomic E-state index is -3.40. The first-order chi connectivity index (χ1) is 8.90. The van der Waals surface area contributed by atoms with E-state index in [0.717, 1.165) is 18.7 Å². The molecule has 1 aromatic carbocycles. The lowest BCUT2D eigenvalue weighted by Gasteiger charge is -2.21. The molecule has 0 saturated carbocycles. The number of hydrogen-bond acceptors (Lipinski definition) is 3. The first kappa shape index (κ1) is 14.5. The van der Waals surface area contributed by atoms with Crippen molar-refractivity contribution < 1.29 is 8.42 Å². The predicted octanol–water partition coefficient (Wildman–Crippen LogP) is 0.964. The number of hydrogen-bond donors (Lipinski definition) is 2. The normalized spacial score (nSPS) is 15.2. The number of rotatable bonds is 5. The molecule has 0 saturated heterocycles. The maximum Gasteiger partial charge on any atom is 0.279 e. The molecule has 5 nitrogen and oxygen atoms in total. The summed E-state index contributed by atoms with van der Waals surface area (Å²) in [6, 6.07) is 6.05. The van der Waals surface area contributed by atoms with Crippen molar-refractivity contribution in [2.45, 2.75) is 39.5 Å². The van der Waals surface area contributed by atoms with Crippen LogP contribution in [0.3, 0.4) is 0 Å². The van der Waals surface area contributed by atoms with E-state index >= 15 is 0 Å². The van der Waals surface area contributed by atoms with E-state index in [1.54, 1.807) is 7.05 Å². The summed E-state index contributed by atoms with van der Waals surface area (Å²) < 4.78 is 27.9. The zero-order chi connectivity index (χ0) is 14.0. The predicted molar refractivity (Wildman–Crippen MR) is 75.6 cm³/mol. The van der Waals surface area contributed by atoms with Crippen LogP contribution >= 0.6 is 0 Å². The van der Waals surface area contributed by atoms with Gasteiger partial charge < -0.3 is 5.32 Å². The van der Waals surface area contributed by atoms with Gasteiger partial charge >= 0.3 is 0 Å². The van der Waals surface area contributed by atoms with E-state index in [4.69, 9.17) is 0 Å². The standard InChI is InChI=1S/C13H21N3O2S/c1-10(2)16(3)19(17,18)15-7-11-4-5-12-8-14-9-13(12)6-11/h4-6,10,14-15H,7-9H2,1-3H3.